The van der Waals surface area contributed by atoms with Gasteiger partial charge in [0.2, 0.25) is 5.91 Å². The lowest BCUT2D eigenvalue weighted by molar-refractivity contribution is -0.136. The Hall–Kier alpha value is -0.840. The molecule has 4 aliphatic carbocycles. The Balaban J connectivity index is 1.67. The van der Waals surface area contributed by atoms with E-state index in [0.717, 1.165) is 11.8 Å². The van der Waals surface area contributed by atoms with E-state index in [0.29, 0.717) is 11.8 Å². The summed E-state index contributed by atoms with van der Waals surface area (Å²) in [5.41, 5.74) is 11.2. The first kappa shape index (κ1) is 13.2. The predicted molar refractivity (Wildman–Crippen MR) is 77.9 cm³/mol. The number of hydrogen-bond acceptors (Lipinski definition) is 2. The van der Waals surface area contributed by atoms with Gasteiger partial charge in [-0.25, -0.2) is 0 Å². The highest BCUT2D eigenvalue weighted by atomic mass is 32.1. The van der Waals surface area contributed by atoms with Gasteiger partial charge in [0.05, 0.1) is 0 Å². The molecule has 0 radical (unpaired) electrons. The summed E-state index contributed by atoms with van der Waals surface area (Å²) in [5, 5.41) is 0.117. The second-order valence-electron chi connectivity index (χ2n) is 7.49. The molecular formula is C14H23N3OS. The molecule has 1 amide bonds. The van der Waals surface area contributed by atoms with Gasteiger partial charge in [0.1, 0.15) is 0 Å². The maximum atomic E-state index is 12.0. The minimum atomic E-state index is 0.0263. The van der Waals surface area contributed by atoms with E-state index in [9.17, 15) is 4.79 Å². The van der Waals surface area contributed by atoms with Crippen LogP contribution in [0.5, 0.6) is 0 Å². The number of carbonyl (C=O) groups excluding carboxylic acids is 1. The van der Waals surface area contributed by atoms with Gasteiger partial charge in [-0.15, -0.1) is 0 Å². The van der Waals surface area contributed by atoms with Gasteiger partial charge < -0.3 is 5.73 Å². The predicted octanol–water partition coefficient (Wildman–Crippen LogP) is 1.85. The van der Waals surface area contributed by atoms with Crippen molar-refractivity contribution >= 4 is 23.2 Å². The van der Waals surface area contributed by atoms with E-state index >= 15 is 0 Å². The van der Waals surface area contributed by atoms with E-state index in [1.807, 2.05) is 0 Å². The van der Waals surface area contributed by atoms with Gasteiger partial charge in [-0.1, -0.05) is 6.92 Å². The molecule has 0 saturated heterocycles. The fourth-order valence-corrected chi connectivity index (χ4v) is 5.70. The Kier molecular flexibility index (Phi) is 3.00. The topological polar surface area (TPSA) is 67.2 Å². The Morgan fingerprint density at radius 3 is 2.42 bits per heavy atom. The Morgan fingerprint density at radius 2 is 1.89 bits per heavy atom. The van der Waals surface area contributed by atoms with Gasteiger partial charge in [0.15, 0.2) is 5.11 Å². The molecule has 19 heavy (non-hydrogen) atoms. The quantitative estimate of drug-likeness (QED) is 0.534. The monoisotopic (exact) mass is 281 g/mol. The van der Waals surface area contributed by atoms with E-state index in [-0.39, 0.29) is 16.4 Å². The van der Waals surface area contributed by atoms with Crippen molar-refractivity contribution in [2.24, 2.45) is 28.4 Å². The van der Waals surface area contributed by atoms with Crippen molar-refractivity contribution < 1.29 is 4.79 Å². The van der Waals surface area contributed by atoms with Crippen LogP contribution in [0.3, 0.4) is 0 Å². The van der Waals surface area contributed by atoms with Crippen LogP contribution in [0.2, 0.25) is 0 Å². The fourth-order valence-electron chi connectivity index (χ4n) is 5.65. The molecule has 106 valence electrons. The van der Waals surface area contributed by atoms with Crippen molar-refractivity contribution in [1.29, 1.82) is 0 Å². The number of nitrogens with one attached hydrogen (secondary N) is 2. The first-order valence-electron chi connectivity index (χ1n) is 7.22. The summed E-state index contributed by atoms with van der Waals surface area (Å²) in [6, 6.07) is 0. The van der Waals surface area contributed by atoms with Gasteiger partial charge in [-0.05, 0) is 73.4 Å². The minimum absolute atomic E-state index is 0.0263. The van der Waals surface area contributed by atoms with Crippen LogP contribution < -0.4 is 16.6 Å². The van der Waals surface area contributed by atoms with E-state index in [2.05, 4.69) is 17.8 Å². The smallest absolute Gasteiger partial charge is 0.238 e. The second kappa shape index (κ2) is 4.33. The van der Waals surface area contributed by atoms with Crippen LogP contribution >= 0.6 is 12.2 Å². The minimum Gasteiger partial charge on any atom is -0.375 e. The van der Waals surface area contributed by atoms with Crippen molar-refractivity contribution in [3.8, 4) is 0 Å². The Bertz CT molecular complexity index is 409. The van der Waals surface area contributed by atoms with Crippen LogP contribution in [0.1, 0.15) is 51.9 Å². The average Bonchev–Trinajstić information content (AvgIpc) is 2.21. The van der Waals surface area contributed by atoms with Crippen LogP contribution in [-0.4, -0.2) is 11.0 Å². The number of carbonyl (C=O) groups is 1. The summed E-state index contributed by atoms with van der Waals surface area (Å²) in [6.07, 6.45) is 8.44. The van der Waals surface area contributed by atoms with E-state index in [4.69, 9.17) is 18.0 Å². The number of thiocarbonyl (C=S) groups is 1. The van der Waals surface area contributed by atoms with Gasteiger partial charge in [-0.2, -0.15) is 0 Å². The Labute approximate surface area is 119 Å². The zero-order valence-electron chi connectivity index (χ0n) is 11.5. The molecule has 4 N–H and O–H groups in total. The summed E-state index contributed by atoms with van der Waals surface area (Å²) in [6.45, 7) is 2.42. The first-order valence-corrected chi connectivity index (χ1v) is 7.63. The highest BCUT2D eigenvalue weighted by Gasteiger charge is 2.56. The maximum Gasteiger partial charge on any atom is 0.238 e. The molecule has 4 bridgehead atoms. The van der Waals surface area contributed by atoms with Crippen LogP contribution in [0.15, 0.2) is 0 Å². The average molecular weight is 281 g/mol. The third kappa shape index (κ3) is 2.57. The third-order valence-electron chi connectivity index (χ3n) is 5.34. The molecule has 2 unspecified atom stereocenters. The number of amides is 1. The molecule has 4 fully saturated rings. The van der Waals surface area contributed by atoms with Crippen molar-refractivity contribution in [3.05, 3.63) is 0 Å². The molecule has 0 spiro atoms. The zero-order valence-corrected chi connectivity index (χ0v) is 12.3. The molecule has 4 saturated carbocycles. The van der Waals surface area contributed by atoms with Crippen LogP contribution in [0.4, 0.5) is 0 Å². The molecule has 4 rings (SSSR count). The summed E-state index contributed by atoms with van der Waals surface area (Å²) in [5.74, 6) is 1.73. The van der Waals surface area contributed by atoms with Crippen molar-refractivity contribution in [2.75, 3.05) is 0 Å². The van der Waals surface area contributed by atoms with Gasteiger partial charge in [0.25, 0.3) is 0 Å². The summed E-state index contributed by atoms with van der Waals surface area (Å²) in [7, 11) is 0. The first-order chi connectivity index (χ1) is 8.88. The highest BCUT2D eigenvalue weighted by molar-refractivity contribution is 7.80. The normalized spacial score (nSPS) is 43.0. The largest absolute Gasteiger partial charge is 0.375 e. The second-order valence-corrected chi connectivity index (χ2v) is 7.93. The summed E-state index contributed by atoms with van der Waals surface area (Å²) >= 11 is 4.70. The lowest BCUT2D eigenvalue weighted by Crippen LogP contribution is -2.53. The van der Waals surface area contributed by atoms with Gasteiger partial charge in [-0.3, -0.25) is 15.6 Å². The molecule has 4 nitrogen and oxygen atoms in total. The molecule has 0 aromatic rings. The number of hydrazine groups is 1. The number of rotatable bonds is 2. The van der Waals surface area contributed by atoms with Crippen molar-refractivity contribution in [3.63, 3.8) is 0 Å². The van der Waals surface area contributed by atoms with E-state index in [1.54, 1.807) is 0 Å². The Morgan fingerprint density at radius 1 is 1.26 bits per heavy atom. The van der Waals surface area contributed by atoms with Crippen LogP contribution in [-0.2, 0) is 4.79 Å². The van der Waals surface area contributed by atoms with Gasteiger partial charge in [0, 0.05) is 6.42 Å². The van der Waals surface area contributed by atoms with E-state index < -0.39 is 0 Å². The molecule has 4 atom stereocenters. The summed E-state index contributed by atoms with van der Waals surface area (Å²) < 4.78 is 0. The molecule has 5 heteroatoms. The van der Waals surface area contributed by atoms with Crippen molar-refractivity contribution in [2.45, 2.75) is 51.9 Å². The lowest BCUT2D eigenvalue weighted by Gasteiger charge is -2.61. The lowest BCUT2D eigenvalue weighted by atomic mass is 9.44. The molecule has 0 aliphatic heterocycles. The highest BCUT2D eigenvalue weighted by Crippen LogP contribution is 2.66. The van der Waals surface area contributed by atoms with E-state index in [1.165, 1.54) is 38.5 Å². The molecule has 0 heterocycles. The zero-order chi connectivity index (χ0) is 13.7. The number of nitrogens with two attached hydrogens (primary N) is 1. The van der Waals surface area contributed by atoms with Crippen molar-refractivity contribution in [1.82, 2.24) is 10.9 Å². The van der Waals surface area contributed by atoms with Crippen LogP contribution in [0, 0.1) is 22.7 Å². The van der Waals surface area contributed by atoms with Crippen LogP contribution in [0.25, 0.3) is 0 Å². The molecular weight excluding hydrogens is 258 g/mol. The standard InChI is InChI=1S/C14H23N3OS/c1-13-3-9-2-10(4-13)6-14(5-9,8-13)7-11(18)16-17-12(15)19/h9-10H,2-8H2,1H3,(H,16,18)(H3,15,17,19)/t9-,10+,13?,14?. The third-order valence-corrected chi connectivity index (χ3v) is 5.44. The number of hydrogen-bond donors (Lipinski definition) is 3. The molecule has 0 aromatic carbocycles. The SMILES string of the molecule is CC12C[C@H]3C[C@@H](C1)CC(CC(=O)NNC(N)=S)(C3)C2. The molecule has 4 aliphatic rings. The fraction of sp³-hybridized carbons (Fsp3) is 0.857. The van der Waals surface area contributed by atoms with Gasteiger partial charge >= 0.3 is 0 Å². The summed E-state index contributed by atoms with van der Waals surface area (Å²) in [4.78, 5) is 12.0. The maximum absolute atomic E-state index is 12.0. The molecule has 0 aromatic heterocycles.